The fraction of sp³-hybridized carbons (Fsp3) is 0.684. The zero-order valence-corrected chi connectivity index (χ0v) is 31.6. The van der Waals surface area contributed by atoms with E-state index in [2.05, 4.69) is 15.8 Å². The number of benzene rings is 1. The normalized spacial score (nSPS) is 22.7. The fourth-order valence-corrected chi connectivity index (χ4v) is 7.54. The first-order valence-corrected chi connectivity index (χ1v) is 18.7. The van der Waals surface area contributed by atoms with E-state index in [0.29, 0.717) is 43.0 Å². The number of oxime groups is 1. The molecule has 2 heterocycles. The van der Waals surface area contributed by atoms with Gasteiger partial charge in [-0.3, -0.25) is 24.0 Å². The van der Waals surface area contributed by atoms with Crippen LogP contribution in [0, 0.1) is 17.3 Å². The Morgan fingerprint density at radius 3 is 2.42 bits per heavy atom. The van der Waals surface area contributed by atoms with Gasteiger partial charge < -0.3 is 25.3 Å². The number of likely N-dealkylation sites (tertiary alicyclic amines) is 1. The Morgan fingerprint density at radius 1 is 1.10 bits per heavy atom. The molecule has 3 aliphatic rings. The first-order chi connectivity index (χ1) is 23.6. The van der Waals surface area contributed by atoms with Crippen molar-refractivity contribution in [2.24, 2.45) is 22.4 Å². The Labute approximate surface area is 302 Å². The third-order valence-electron chi connectivity index (χ3n) is 10.5. The number of hydrogen-bond acceptors (Lipinski definition) is 7. The van der Waals surface area contributed by atoms with Crippen molar-refractivity contribution in [3.63, 3.8) is 0 Å². The van der Waals surface area contributed by atoms with Gasteiger partial charge in [0.15, 0.2) is 5.60 Å². The van der Waals surface area contributed by atoms with Crippen molar-refractivity contribution in [2.75, 3.05) is 20.1 Å². The Kier molecular flexibility index (Phi) is 13.1. The number of rotatable bonds is 13. The summed E-state index contributed by atoms with van der Waals surface area (Å²) in [7, 11) is 1.57. The van der Waals surface area contributed by atoms with Gasteiger partial charge in [-0.05, 0) is 48.6 Å². The molecule has 2 fully saturated rings. The number of amides is 4. The van der Waals surface area contributed by atoms with E-state index < -0.39 is 52.6 Å². The molecular formula is C38H56ClN5O6. The molecule has 0 unspecified atom stereocenters. The van der Waals surface area contributed by atoms with Crippen molar-refractivity contribution in [3.05, 3.63) is 34.9 Å². The summed E-state index contributed by atoms with van der Waals surface area (Å²) in [4.78, 5) is 77.9. The number of halogens is 1. The van der Waals surface area contributed by atoms with Crippen LogP contribution in [0.15, 0.2) is 29.4 Å². The van der Waals surface area contributed by atoms with Crippen LogP contribution in [-0.2, 0) is 28.8 Å². The van der Waals surface area contributed by atoms with Crippen molar-refractivity contribution in [1.29, 1.82) is 0 Å². The summed E-state index contributed by atoms with van der Waals surface area (Å²) in [6.07, 6.45) is 7.39. The number of ketones is 1. The maximum absolute atomic E-state index is 14.6. The molecule has 1 spiro atoms. The van der Waals surface area contributed by atoms with Crippen LogP contribution < -0.4 is 10.6 Å². The second-order valence-corrected chi connectivity index (χ2v) is 16.2. The molecule has 11 nitrogen and oxygen atoms in total. The van der Waals surface area contributed by atoms with E-state index >= 15 is 0 Å². The zero-order valence-electron chi connectivity index (χ0n) is 30.9. The van der Waals surface area contributed by atoms with Gasteiger partial charge in [0.05, 0.1) is 18.3 Å². The maximum atomic E-state index is 14.6. The van der Waals surface area contributed by atoms with Crippen molar-refractivity contribution >= 4 is 46.7 Å². The van der Waals surface area contributed by atoms with E-state index in [-0.39, 0.29) is 30.7 Å². The molecule has 0 radical (unpaired) electrons. The highest BCUT2D eigenvalue weighted by atomic mass is 35.5. The lowest BCUT2D eigenvalue weighted by Crippen LogP contribution is -2.59. The van der Waals surface area contributed by atoms with Gasteiger partial charge in [-0.15, -0.1) is 0 Å². The lowest BCUT2D eigenvalue weighted by molar-refractivity contribution is -0.147. The summed E-state index contributed by atoms with van der Waals surface area (Å²) in [5.74, 6) is -2.55. The van der Waals surface area contributed by atoms with Gasteiger partial charge in [-0.2, -0.15) is 0 Å². The first kappa shape index (κ1) is 39.3. The van der Waals surface area contributed by atoms with Gasteiger partial charge in [0.2, 0.25) is 23.5 Å². The zero-order chi connectivity index (χ0) is 36.8. The lowest BCUT2D eigenvalue weighted by atomic mass is 9.84. The molecule has 2 aliphatic heterocycles. The van der Waals surface area contributed by atoms with E-state index in [1.54, 1.807) is 19.2 Å². The summed E-state index contributed by atoms with van der Waals surface area (Å²) >= 11 is 6.26. The van der Waals surface area contributed by atoms with E-state index in [1.807, 2.05) is 53.7 Å². The van der Waals surface area contributed by atoms with Crippen LogP contribution in [0.1, 0.15) is 111 Å². The topological polar surface area (TPSA) is 137 Å². The number of carbonyl (C=O) groups excluding carboxylic acids is 5. The van der Waals surface area contributed by atoms with E-state index in [1.165, 1.54) is 16.2 Å². The molecule has 0 aromatic heterocycles. The molecule has 50 heavy (non-hydrogen) atoms. The van der Waals surface area contributed by atoms with Crippen molar-refractivity contribution in [1.82, 2.24) is 20.4 Å². The number of hydrogen-bond donors (Lipinski definition) is 2. The summed E-state index contributed by atoms with van der Waals surface area (Å²) in [5.41, 5.74) is -0.275. The number of nitrogens with zero attached hydrogens (tertiary/aromatic N) is 3. The maximum Gasteiger partial charge on any atom is 0.291 e. The second kappa shape index (κ2) is 16.7. The predicted octanol–water partition coefficient (Wildman–Crippen LogP) is 5.27. The molecule has 1 aromatic carbocycles. The van der Waals surface area contributed by atoms with Crippen molar-refractivity contribution < 1.29 is 28.8 Å². The van der Waals surface area contributed by atoms with Crippen LogP contribution in [0.2, 0.25) is 5.02 Å². The number of likely N-dealkylation sites (N-methyl/N-ethyl adjacent to an activating group) is 1. The van der Waals surface area contributed by atoms with Crippen LogP contribution in [0.25, 0.3) is 0 Å². The molecule has 1 saturated heterocycles. The molecule has 1 aliphatic carbocycles. The highest BCUT2D eigenvalue weighted by molar-refractivity contribution is 6.38. The summed E-state index contributed by atoms with van der Waals surface area (Å²) < 4.78 is 0. The first-order valence-electron chi connectivity index (χ1n) is 18.3. The van der Waals surface area contributed by atoms with Crippen molar-refractivity contribution in [2.45, 2.75) is 129 Å². The largest absolute Gasteiger partial charge is 0.387 e. The van der Waals surface area contributed by atoms with Crippen molar-refractivity contribution in [3.8, 4) is 0 Å². The van der Waals surface area contributed by atoms with Gasteiger partial charge in [-0.1, -0.05) is 96.1 Å². The Balaban J connectivity index is 1.63. The van der Waals surface area contributed by atoms with Crippen LogP contribution in [-0.4, -0.2) is 88.8 Å². The van der Waals surface area contributed by atoms with Gasteiger partial charge in [-0.25, -0.2) is 0 Å². The molecule has 276 valence electrons. The molecule has 5 atom stereocenters. The van der Waals surface area contributed by atoms with E-state index in [4.69, 9.17) is 16.4 Å². The molecule has 4 amide bonds. The minimum absolute atomic E-state index is 0.0443. The molecular weight excluding hydrogens is 658 g/mol. The molecule has 12 heteroatoms. The van der Waals surface area contributed by atoms with E-state index in [9.17, 15) is 24.0 Å². The van der Waals surface area contributed by atoms with Gasteiger partial charge >= 0.3 is 0 Å². The Hall–Kier alpha value is -3.47. The average molecular weight is 714 g/mol. The van der Waals surface area contributed by atoms with Crippen LogP contribution >= 0.6 is 11.6 Å². The lowest BCUT2D eigenvalue weighted by Gasteiger charge is -2.36. The summed E-state index contributed by atoms with van der Waals surface area (Å²) in [6, 6.07) is 4.21. The molecule has 0 bridgehead atoms. The Bertz CT molecular complexity index is 1450. The van der Waals surface area contributed by atoms with Gasteiger partial charge in [0, 0.05) is 43.4 Å². The SMILES string of the molecule is CCCN(C)C(=O)C(=O)[C@@H](NC(=O)[C@@H]1C[C@]2(CC(c3cccc(Cl)c3)=NO2)CN1C(=O)[C@@H](NC(=O)CC1CCCCC1)C(C)(C)C)[C@@H](C)CC. The Morgan fingerprint density at radius 2 is 1.80 bits per heavy atom. The predicted molar refractivity (Wildman–Crippen MR) is 193 cm³/mol. The number of carbonyl (C=O) groups is 5. The number of Topliss-reactive ketones (excluding diaryl/α,β-unsaturated/α-hetero) is 1. The third-order valence-corrected chi connectivity index (χ3v) is 10.7. The number of nitrogens with one attached hydrogen (secondary N) is 2. The minimum atomic E-state index is -1.08. The smallest absolute Gasteiger partial charge is 0.291 e. The van der Waals surface area contributed by atoms with E-state index in [0.717, 1.165) is 31.2 Å². The highest BCUT2D eigenvalue weighted by Gasteiger charge is 2.56. The van der Waals surface area contributed by atoms with Crippen LogP contribution in [0.4, 0.5) is 0 Å². The quantitative estimate of drug-likeness (QED) is 0.267. The minimum Gasteiger partial charge on any atom is -0.387 e. The molecule has 4 rings (SSSR count). The average Bonchev–Trinajstić information content (AvgIpc) is 3.68. The monoisotopic (exact) mass is 713 g/mol. The molecule has 2 N–H and O–H groups in total. The van der Waals surface area contributed by atoms with Gasteiger partial charge in [0.1, 0.15) is 12.1 Å². The molecule has 1 aromatic rings. The summed E-state index contributed by atoms with van der Waals surface area (Å²) in [5, 5.41) is 10.8. The summed E-state index contributed by atoms with van der Waals surface area (Å²) in [6.45, 7) is 11.7. The fourth-order valence-electron chi connectivity index (χ4n) is 7.35. The molecule has 1 saturated carbocycles. The van der Waals surface area contributed by atoms with Crippen LogP contribution in [0.5, 0.6) is 0 Å². The highest BCUT2D eigenvalue weighted by Crippen LogP contribution is 2.40. The standard InChI is InChI=1S/C38H56ClN5O6/c1-8-18-43(7)35(48)32(46)31(24(3)9-2)41-34(47)29-22-38(21-28(42-50-38)26-16-13-17-27(39)20-26)23-44(29)36(49)33(37(4,5)6)40-30(45)19-25-14-11-10-12-15-25/h13,16-17,20,24-25,29,31,33H,8-12,14-15,18-19,21-23H2,1-7H3,(H,40,45)(H,41,47)/t24-,29-,31-,33+,38+/m0/s1. The van der Waals surface area contributed by atoms with Gasteiger partial charge in [0.25, 0.3) is 5.91 Å². The third kappa shape index (κ3) is 9.44. The van der Waals surface area contributed by atoms with Crippen LogP contribution in [0.3, 0.4) is 0 Å². The second-order valence-electron chi connectivity index (χ2n) is 15.7.